The van der Waals surface area contributed by atoms with Gasteiger partial charge >= 0.3 is 5.97 Å². The first-order chi connectivity index (χ1) is 11.0. The summed E-state index contributed by atoms with van der Waals surface area (Å²) in [6.07, 6.45) is 2.78. The molecule has 134 valence electrons. The zero-order valence-corrected chi connectivity index (χ0v) is 17.0. The zero-order valence-electron chi connectivity index (χ0n) is 16.0. The van der Waals surface area contributed by atoms with E-state index in [0.717, 1.165) is 12.8 Å². The van der Waals surface area contributed by atoms with E-state index >= 15 is 0 Å². The van der Waals surface area contributed by atoms with Gasteiger partial charge in [-0.2, -0.15) is 0 Å². The Morgan fingerprint density at radius 1 is 1.21 bits per heavy atom. The highest BCUT2D eigenvalue weighted by Crippen LogP contribution is 2.22. The van der Waals surface area contributed by atoms with Crippen molar-refractivity contribution in [2.75, 3.05) is 0 Å². The molecule has 0 heterocycles. The predicted molar refractivity (Wildman–Crippen MR) is 103 cm³/mol. The van der Waals surface area contributed by atoms with Crippen LogP contribution in [0.3, 0.4) is 0 Å². The van der Waals surface area contributed by atoms with Gasteiger partial charge in [0.25, 0.3) is 0 Å². The summed E-state index contributed by atoms with van der Waals surface area (Å²) in [5.41, 5.74) is 0.719. The van der Waals surface area contributed by atoms with Gasteiger partial charge in [-0.25, -0.2) is 0 Å². The second-order valence-electron chi connectivity index (χ2n) is 8.15. The first-order valence-corrected chi connectivity index (χ1v) is 12.0. The van der Waals surface area contributed by atoms with Crippen LogP contribution in [0.4, 0.5) is 0 Å². The van der Waals surface area contributed by atoms with Crippen LogP contribution in [0, 0.1) is 5.41 Å². The number of hydrogen-bond acceptors (Lipinski definition) is 3. The third kappa shape index (κ3) is 7.45. The van der Waals surface area contributed by atoms with Gasteiger partial charge in [0.1, 0.15) is 6.10 Å². The fourth-order valence-corrected chi connectivity index (χ4v) is 3.43. The molecule has 0 saturated carbocycles. The molecular formula is C20H32O3Si. The number of ether oxygens (including phenoxy) is 1. The van der Waals surface area contributed by atoms with Crippen molar-refractivity contribution in [1.29, 1.82) is 0 Å². The molecule has 2 atom stereocenters. The number of hydrogen-bond donors (Lipinski definition) is 0. The van der Waals surface area contributed by atoms with Crippen LogP contribution in [0.1, 0.15) is 32.8 Å². The van der Waals surface area contributed by atoms with Crippen molar-refractivity contribution in [3.63, 3.8) is 0 Å². The predicted octanol–water partition coefficient (Wildman–Crippen LogP) is 4.98. The minimum atomic E-state index is -1.77. The number of rotatable bonds is 8. The summed E-state index contributed by atoms with van der Waals surface area (Å²) in [5, 5.41) is 0. The van der Waals surface area contributed by atoms with Crippen LogP contribution in [0.5, 0.6) is 0 Å². The summed E-state index contributed by atoms with van der Waals surface area (Å²) < 4.78 is 12.0. The van der Waals surface area contributed by atoms with Crippen molar-refractivity contribution in [3.8, 4) is 0 Å². The van der Waals surface area contributed by atoms with E-state index in [0.29, 0.717) is 0 Å². The van der Waals surface area contributed by atoms with Gasteiger partial charge in [0.05, 0.1) is 11.5 Å². The third-order valence-electron chi connectivity index (χ3n) is 3.52. The molecule has 1 aromatic rings. The van der Waals surface area contributed by atoms with Gasteiger partial charge < -0.3 is 9.16 Å². The molecule has 4 heteroatoms. The molecule has 0 aliphatic heterocycles. The maximum atomic E-state index is 12.3. The highest BCUT2D eigenvalue weighted by atomic mass is 28.4. The lowest BCUT2D eigenvalue weighted by Gasteiger charge is -2.32. The number of carbonyl (C=O) groups is 1. The Morgan fingerprint density at radius 3 is 2.25 bits per heavy atom. The Bertz CT molecular complexity index is 526. The Hall–Kier alpha value is -1.39. The summed E-state index contributed by atoms with van der Waals surface area (Å²) >= 11 is 0. The molecule has 0 spiro atoms. The van der Waals surface area contributed by atoms with Crippen LogP contribution < -0.4 is 0 Å². The monoisotopic (exact) mass is 348 g/mol. The van der Waals surface area contributed by atoms with E-state index in [9.17, 15) is 4.79 Å². The average Bonchev–Trinajstić information content (AvgIpc) is 2.48. The standard InChI is InChI=1S/C20H32O3Si/c1-8-17(22-19(21)20(2,3)4)18(23-24(5,6)7)15-14-16-12-10-9-11-13-16/h8-13,17-18H,1,14-15H2,2-7H3/t17-,18-/m0/s1. The van der Waals surface area contributed by atoms with E-state index in [1.165, 1.54) is 5.56 Å². The van der Waals surface area contributed by atoms with Crippen LogP contribution in [0.25, 0.3) is 0 Å². The molecule has 0 amide bonds. The van der Waals surface area contributed by atoms with Crippen molar-refractivity contribution < 1.29 is 14.0 Å². The molecule has 24 heavy (non-hydrogen) atoms. The number of aryl methyl sites for hydroxylation is 1. The molecule has 0 aromatic heterocycles. The minimum Gasteiger partial charge on any atom is -0.455 e. The summed E-state index contributed by atoms with van der Waals surface area (Å²) in [7, 11) is -1.77. The van der Waals surface area contributed by atoms with Gasteiger partial charge in [-0.15, -0.1) is 0 Å². The molecular weight excluding hydrogens is 316 g/mol. The van der Waals surface area contributed by atoms with Crippen LogP contribution in [-0.4, -0.2) is 26.5 Å². The van der Waals surface area contributed by atoms with Crippen molar-refractivity contribution in [1.82, 2.24) is 0 Å². The van der Waals surface area contributed by atoms with Crippen molar-refractivity contribution in [2.24, 2.45) is 5.41 Å². The van der Waals surface area contributed by atoms with Crippen LogP contribution in [0.15, 0.2) is 43.0 Å². The van der Waals surface area contributed by atoms with E-state index < -0.39 is 19.8 Å². The lowest BCUT2D eigenvalue weighted by atomic mass is 9.97. The highest BCUT2D eigenvalue weighted by Gasteiger charge is 2.32. The quantitative estimate of drug-likeness (QED) is 0.377. The van der Waals surface area contributed by atoms with Crippen LogP contribution >= 0.6 is 0 Å². The first-order valence-electron chi connectivity index (χ1n) is 8.58. The molecule has 3 nitrogen and oxygen atoms in total. The highest BCUT2D eigenvalue weighted by molar-refractivity contribution is 6.69. The molecule has 1 rings (SSSR count). The lowest BCUT2D eigenvalue weighted by Crippen LogP contribution is -2.42. The molecule has 0 unspecified atom stereocenters. The van der Waals surface area contributed by atoms with Crippen molar-refractivity contribution in [3.05, 3.63) is 48.6 Å². The maximum absolute atomic E-state index is 12.3. The molecule has 0 N–H and O–H groups in total. The summed E-state index contributed by atoms with van der Waals surface area (Å²) in [6.45, 7) is 15.9. The Labute approximate surface area is 148 Å². The first kappa shape index (κ1) is 20.7. The van der Waals surface area contributed by atoms with Crippen LogP contribution in [0.2, 0.25) is 19.6 Å². The third-order valence-corrected chi connectivity index (χ3v) is 4.53. The average molecular weight is 349 g/mol. The lowest BCUT2D eigenvalue weighted by molar-refractivity contribution is -0.160. The minimum absolute atomic E-state index is 0.166. The Morgan fingerprint density at radius 2 is 1.79 bits per heavy atom. The topological polar surface area (TPSA) is 35.5 Å². The SMILES string of the molecule is C=C[C@H](OC(=O)C(C)(C)C)[C@H](CCc1ccccc1)O[Si](C)(C)C. The Balaban J connectivity index is 2.85. The van der Waals surface area contributed by atoms with Gasteiger partial charge in [0, 0.05) is 0 Å². The largest absolute Gasteiger partial charge is 0.455 e. The maximum Gasteiger partial charge on any atom is 0.311 e. The fraction of sp³-hybridized carbons (Fsp3) is 0.550. The molecule has 1 aromatic carbocycles. The normalized spacial score (nSPS) is 14.8. The van der Waals surface area contributed by atoms with E-state index in [2.05, 4.69) is 38.4 Å². The number of carbonyl (C=O) groups excluding carboxylic acids is 1. The summed E-state index contributed by atoms with van der Waals surface area (Å²) in [4.78, 5) is 12.3. The zero-order chi connectivity index (χ0) is 18.4. The Kier molecular flexibility index (Phi) is 7.43. The van der Waals surface area contributed by atoms with E-state index in [4.69, 9.17) is 9.16 Å². The molecule has 0 fully saturated rings. The van der Waals surface area contributed by atoms with Gasteiger partial charge in [0.15, 0.2) is 8.32 Å². The number of esters is 1. The molecule has 0 bridgehead atoms. The second kappa shape index (κ2) is 8.63. The molecule has 0 radical (unpaired) electrons. The smallest absolute Gasteiger partial charge is 0.311 e. The van der Waals surface area contributed by atoms with Gasteiger partial charge in [-0.1, -0.05) is 36.9 Å². The number of benzene rings is 1. The van der Waals surface area contributed by atoms with Crippen LogP contribution in [-0.2, 0) is 20.4 Å². The van der Waals surface area contributed by atoms with Crippen molar-refractivity contribution >= 4 is 14.3 Å². The van der Waals surface area contributed by atoms with Gasteiger partial charge in [0.2, 0.25) is 0 Å². The molecule has 0 aliphatic carbocycles. The van der Waals surface area contributed by atoms with Gasteiger partial charge in [-0.05, 0) is 64.9 Å². The van der Waals surface area contributed by atoms with E-state index in [1.807, 2.05) is 39.0 Å². The second-order valence-corrected chi connectivity index (χ2v) is 12.6. The van der Waals surface area contributed by atoms with E-state index in [1.54, 1.807) is 6.08 Å². The van der Waals surface area contributed by atoms with E-state index in [-0.39, 0.29) is 12.1 Å². The summed E-state index contributed by atoms with van der Waals surface area (Å²) in [6, 6.07) is 10.3. The fourth-order valence-electron chi connectivity index (χ4n) is 2.27. The van der Waals surface area contributed by atoms with Crippen molar-refractivity contribution in [2.45, 2.75) is 65.5 Å². The molecule has 0 aliphatic rings. The summed E-state index contributed by atoms with van der Waals surface area (Å²) in [5.74, 6) is -0.226. The van der Waals surface area contributed by atoms with Gasteiger partial charge in [-0.3, -0.25) is 4.79 Å². The molecule has 0 saturated heterocycles.